The Kier molecular flexibility index (Phi) is 7.86. The van der Waals surface area contributed by atoms with Crippen molar-refractivity contribution in [2.75, 3.05) is 18.5 Å². The van der Waals surface area contributed by atoms with Crippen LogP contribution in [0.25, 0.3) is 0 Å². The maximum atomic E-state index is 12.1. The van der Waals surface area contributed by atoms with E-state index >= 15 is 0 Å². The summed E-state index contributed by atoms with van der Waals surface area (Å²) in [7, 11) is 0. The van der Waals surface area contributed by atoms with Crippen molar-refractivity contribution < 1.29 is 19.1 Å². The molecule has 2 aromatic carbocycles. The maximum absolute atomic E-state index is 12.1. The number of nitrogens with one attached hydrogen (secondary N) is 1. The van der Waals surface area contributed by atoms with Gasteiger partial charge in [-0.05, 0) is 42.5 Å². The molecule has 0 atom stereocenters. The lowest BCUT2D eigenvalue weighted by atomic mass is 9.98. The molecule has 27 heavy (non-hydrogen) atoms. The van der Waals surface area contributed by atoms with Crippen LogP contribution >= 0.6 is 0 Å². The molecule has 0 aromatic heterocycles. The van der Waals surface area contributed by atoms with Crippen molar-refractivity contribution in [2.24, 2.45) is 0 Å². The van der Waals surface area contributed by atoms with E-state index in [1.54, 1.807) is 0 Å². The summed E-state index contributed by atoms with van der Waals surface area (Å²) < 4.78 is 10.6. The maximum Gasteiger partial charge on any atom is 0.306 e. The monoisotopic (exact) mass is 369 g/mol. The van der Waals surface area contributed by atoms with E-state index < -0.39 is 5.97 Å². The minimum Gasteiger partial charge on any atom is -0.494 e. The Hall–Kier alpha value is -2.82. The summed E-state index contributed by atoms with van der Waals surface area (Å²) in [5.74, 6) is 0.313. The zero-order chi connectivity index (χ0) is 19.6. The first kappa shape index (κ1) is 20.5. The molecule has 0 spiro atoms. The first-order valence-electron chi connectivity index (χ1n) is 9.20. The van der Waals surface area contributed by atoms with Gasteiger partial charge in [0.05, 0.1) is 6.61 Å². The lowest BCUT2D eigenvalue weighted by molar-refractivity contribution is -0.147. The highest BCUT2D eigenvalue weighted by Gasteiger charge is 2.13. The van der Waals surface area contributed by atoms with Crippen LogP contribution in [0.3, 0.4) is 0 Å². The summed E-state index contributed by atoms with van der Waals surface area (Å²) in [6.45, 7) is 6.22. The fraction of sp³-hybridized carbons (Fsp3) is 0.364. The van der Waals surface area contributed by atoms with Gasteiger partial charge < -0.3 is 14.8 Å². The number of anilines is 1. The van der Waals surface area contributed by atoms with Crippen molar-refractivity contribution in [1.29, 1.82) is 0 Å². The highest BCUT2D eigenvalue weighted by Crippen LogP contribution is 2.27. The summed E-state index contributed by atoms with van der Waals surface area (Å²) in [5.41, 5.74) is 2.84. The molecule has 1 N–H and O–H groups in total. The van der Waals surface area contributed by atoms with Gasteiger partial charge in [-0.3, -0.25) is 9.59 Å². The summed E-state index contributed by atoms with van der Waals surface area (Å²) in [5, 5.41) is 2.86. The predicted molar refractivity (Wildman–Crippen MR) is 106 cm³/mol. The van der Waals surface area contributed by atoms with E-state index in [1.807, 2.05) is 55.5 Å². The Labute approximate surface area is 160 Å². The number of esters is 1. The quantitative estimate of drug-likeness (QED) is 0.523. The van der Waals surface area contributed by atoms with Crippen LogP contribution in [0.1, 0.15) is 43.7 Å². The molecule has 0 aliphatic heterocycles. The van der Waals surface area contributed by atoms with Gasteiger partial charge in [-0.2, -0.15) is 0 Å². The molecular weight excluding hydrogens is 342 g/mol. The molecule has 0 saturated carbocycles. The third kappa shape index (κ3) is 6.77. The number of para-hydroxylation sites is 2. The van der Waals surface area contributed by atoms with E-state index in [4.69, 9.17) is 9.47 Å². The molecule has 0 aliphatic rings. The molecule has 0 radical (unpaired) electrons. The van der Waals surface area contributed by atoms with Gasteiger partial charge in [0, 0.05) is 12.1 Å². The van der Waals surface area contributed by atoms with Crippen molar-refractivity contribution in [3.63, 3.8) is 0 Å². The number of amides is 1. The van der Waals surface area contributed by atoms with Gasteiger partial charge >= 0.3 is 5.97 Å². The third-order valence-electron chi connectivity index (χ3n) is 4.09. The van der Waals surface area contributed by atoms with E-state index in [2.05, 4.69) is 19.2 Å². The van der Waals surface area contributed by atoms with Gasteiger partial charge in [0.15, 0.2) is 6.61 Å². The number of benzene rings is 2. The lowest BCUT2D eigenvalue weighted by Crippen LogP contribution is -2.22. The second-order valence-electron chi connectivity index (χ2n) is 6.67. The molecule has 2 rings (SSSR count). The molecule has 144 valence electrons. The van der Waals surface area contributed by atoms with Crippen LogP contribution in [-0.4, -0.2) is 25.1 Å². The Bertz CT molecular complexity index is 756. The molecule has 0 bridgehead atoms. The molecule has 0 heterocycles. The second-order valence-corrected chi connectivity index (χ2v) is 6.67. The molecule has 0 unspecified atom stereocenters. The average Bonchev–Trinajstić information content (AvgIpc) is 2.66. The largest absolute Gasteiger partial charge is 0.494 e. The number of ether oxygens (including phenoxy) is 2. The van der Waals surface area contributed by atoms with Crippen molar-refractivity contribution >= 4 is 17.6 Å². The Morgan fingerprint density at radius 3 is 2.48 bits per heavy atom. The molecule has 0 aliphatic carbocycles. The Morgan fingerprint density at radius 2 is 1.78 bits per heavy atom. The Morgan fingerprint density at radius 1 is 1.04 bits per heavy atom. The average molecular weight is 369 g/mol. The number of rotatable bonds is 9. The zero-order valence-corrected chi connectivity index (χ0v) is 16.2. The molecular formula is C22H27NO4. The van der Waals surface area contributed by atoms with E-state index in [-0.39, 0.29) is 24.9 Å². The first-order chi connectivity index (χ1) is 13.0. The van der Waals surface area contributed by atoms with Gasteiger partial charge in [-0.1, -0.05) is 50.2 Å². The van der Waals surface area contributed by atoms with Crippen LogP contribution in [0.4, 0.5) is 5.69 Å². The van der Waals surface area contributed by atoms with Crippen molar-refractivity contribution in [1.82, 2.24) is 0 Å². The Balaban J connectivity index is 1.72. The van der Waals surface area contributed by atoms with Gasteiger partial charge in [-0.25, -0.2) is 0 Å². The summed E-state index contributed by atoms with van der Waals surface area (Å²) in [6, 6.07) is 15.3. The molecule has 2 aromatic rings. The minimum atomic E-state index is -0.407. The van der Waals surface area contributed by atoms with Gasteiger partial charge in [0.25, 0.3) is 5.91 Å². The van der Waals surface area contributed by atoms with Gasteiger partial charge in [0.1, 0.15) is 5.75 Å². The zero-order valence-electron chi connectivity index (χ0n) is 16.2. The van der Waals surface area contributed by atoms with Gasteiger partial charge in [0.2, 0.25) is 0 Å². The SMILES string of the molecule is Cc1cccc(C(C)C)c1NC(=O)COC(=O)CCCOc1ccccc1. The van der Waals surface area contributed by atoms with E-state index in [9.17, 15) is 9.59 Å². The lowest BCUT2D eigenvalue weighted by Gasteiger charge is -2.16. The van der Waals surface area contributed by atoms with Crippen LogP contribution in [0, 0.1) is 6.92 Å². The normalized spacial score (nSPS) is 10.5. The number of carbonyl (C=O) groups is 2. The van der Waals surface area contributed by atoms with Gasteiger partial charge in [-0.15, -0.1) is 0 Å². The fourth-order valence-electron chi connectivity index (χ4n) is 2.66. The summed E-state index contributed by atoms with van der Waals surface area (Å²) >= 11 is 0. The van der Waals surface area contributed by atoms with Crippen LogP contribution < -0.4 is 10.1 Å². The highest BCUT2D eigenvalue weighted by molar-refractivity contribution is 5.94. The summed E-state index contributed by atoms with van der Waals surface area (Å²) in [6.07, 6.45) is 0.742. The number of hydrogen-bond acceptors (Lipinski definition) is 4. The standard InChI is InChI=1S/C22H27NO4/c1-16(2)19-12-7-9-17(3)22(19)23-20(24)15-27-21(25)13-8-14-26-18-10-5-4-6-11-18/h4-7,9-12,16H,8,13-15H2,1-3H3,(H,23,24). The van der Waals surface area contributed by atoms with E-state index in [1.165, 1.54) is 0 Å². The van der Waals surface area contributed by atoms with Crippen molar-refractivity contribution in [3.8, 4) is 5.75 Å². The first-order valence-corrected chi connectivity index (χ1v) is 9.20. The van der Waals surface area contributed by atoms with Crippen LogP contribution in [0.5, 0.6) is 5.75 Å². The molecule has 0 saturated heterocycles. The predicted octanol–water partition coefficient (Wildman–Crippen LogP) is 4.46. The van der Waals surface area contributed by atoms with Crippen LogP contribution in [0.2, 0.25) is 0 Å². The molecule has 1 amide bonds. The van der Waals surface area contributed by atoms with E-state index in [0.717, 1.165) is 22.6 Å². The topological polar surface area (TPSA) is 64.6 Å². The van der Waals surface area contributed by atoms with Crippen LogP contribution in [-0.2, 0) is 14.3 Å². The molecule has 5 heteroatoms. The van der Waals surface area contributed by atoms with Crippen molar-refractivity contribution in [3.05, 3.63) is 59.7 Å². The summed E-state index contributed by atoms with van der Waals surface area (Å²) in [4.78, 5) is 23.9. The number of aryl methyl sites for hydroxylation is 1. The molecule has 0 fully saturated rings. The second kappa shape index (κ2) is 10.4. The molecule has 5 nitrogen and oxygen atoms in total. The highest BCUT2D eigenvalue weighted by atomic mass is 16.5. The van der Waals surface area contributed by atoms with Crippen LogP contribution in [0.15, 0.2) is 48.5 Å². The fourth-order valence-corrected chi connectivity index (χ4v) is 2.66. The van der Waals surface area contributed by atoms with Crippen molar-refractivity contribution in [2.45, 2.75) is 39.5 Å². The minimum absolute atomic E-state index is 0.210. The smallest absolute Gasteiger partial charge is 0.306 e. The number of hydrogen-bond donors (Lipinski definition) is 1. The van der Waals surface area contributed by atoms with E-state index in [0.29, 0.717) is 13.0 Å². The number of carbonyl (C=O) groups excluding carboxylic acids is 2. The third-order valence-corrected chi connectivity index (χ3v) is 4.09.